The lowest BCUT2D eigenvalue weighted by atomic mass is 10.3. The number of hydrogen-bond acceptors (Lipinski definition) is 2. The fraction of sp³-hybridized carbons (Fsp3) is 0.429. The maximum atomic E-state index is 12.0. The van der Waals surface area contributed by atoms with Crippen molar-refractivity contribution < 1.29 is 14.5 Å². The second kappa shape index (κ2) is 8.87. The summed E-state index contributed by atoms with van der Waals surface area (Å²) in [6, 6.07) is 4.87. The second-order valence-electron chi connectivity index (χ2n) is 4.58. The Bertz CT molecular complexity index is 509. The molecule has 0 aliphatic carbocycles. The topological polar surface area (TPSA) is 62.6 Å². The van der Waals surface area contributed by atoms with Crippen molar-refractivity contribution in [1.82, 2.24) is 5.32 Å². The Hall–Kier alpha value is -1.30. The average Bonchev–Trinajstić information content (AvgIpc) is 2.42. The fourth-order valence-electron chi connectivity index (χ4n) is 1.81. The van der Waals surface area contributed by atoms with Crippen LogP contribution in [0.3, 0.4) is 0 Å². The minimum atomic E-state index is -0.208. The van der Waals surface area contributed by atoms with Crippen LogP contribution in [0.25, 0.3) is 0 Å². The van der Waals surface area contributed by atoms with Crippen LogP contribution in [0.5, 0.6) is 0 Å². The van der Waals surface area contributed by atoms with Crippen LogP contribution in [0, 0.1) is 0 Å². The van der Waals surface area contributed by atoms with Gasteiger partial charge in [0.1, 0.15) is 0 Å². The number of quaternary nitrogens is 1. The Morgan fingerprint density at radius 1 is 1.14 bits per heavy atom. The van der Waals surface area contributed by atoms with Crippen molar-refractivity contribution in [3.63, 3.8) is 0 Å². The predicted molar refractivity (Wildman–Crippen MR) is 85.0 cm³/mol. The minimum Gasteiger partial charge on any atom is -0.351 e. The van der Waals surface area contributed by atoms with Crippen LogP contribution < -0.4 is 15.5 Å². The van der Waals surface area contributed by atoms with E-state index >= 15 is 0 Å². The number of amides is 2. The van der Waals surface area contributed by atoms with Gasteiger partial charge in [-0.3, -0.25) is 9.59 Å². The molecule has 0 fully saturated rings. The summed E-state index contributed by atoms with van der Waals surface area (Å²) in [5.74, 6) is -0.275. The summed E-state index contributed by atoms with van der Waals surface area (Å²) in [5.41, 5.74) is 0.475. The number of likely N-dealkylation sites (N-methyl/N-ethyl adjacent to an activating group) is 2. The van der Waals surface area contributed by atoms with Crippen molar-refractivity contribution >= 4 is 40.7 Å². The van der Waals surface area contributed by atoms with Gasteiger partial charge in [-0.2, -0.15) is 0 Å². The molecule has 1 rings (SSSR count). The van der Waals surface area contributed by atoms with E-state index in [2.05, 4.69) is 10.6 Å². The molecule has 0 heterocycles. The number of carbonyl (C=O) groups excluding carboxylic acids is 2. The van der Waals surface area contributed by atoms with Crippen LogP contribution in [-0.4, -0.2) is 38.0 Å². The van der Waals surface area contributed by atoms with E-state index in [1.54, 1.807) is 18.2 Å². The van der Waals surface area contributed by atoms with Gasteiger partial charge in [-0.05, 0) is 32.0 Å². The smallest absolute Gasteiger partial charge is 0.279 e. The molecule has 0 aliphatic rings. The van der Waals surface area contributed by atoms with Crippen molar-refractivity contribution in [3.05, 3.63) is 28.2 Å². The van der Waals surface area contributed by atoms with Crippen molar-refractivity contribution in [3.8, 4) is 0 Å². The summed E-state index contributed by atoms with van der Waals surface area (Å²) in [7, 11) is 0. The number of carbonyl (C=O) groups is 2. The zero-order valence-electron chi connectivity index (χ0n) is 12.1. The molecule has 0 aliphatic heterocycles. The van der Waals surface area contributed by atoms with Crippen molar-refractivity contribution in [2.45, 2.75) is 13.8 Å². The molecule has 116 valence electrons. The molecule has 0 bridgehead atoms. The third-order valence-electron chi connectivity index (χ3n) is 2.90. The van der Waals surface area contributed by atoms with E-state index in [1.807, 2.05) is 13.8 Å². The molecule has 1 atom stereocenters. The average molecular weight is 333 g/mol. The van der Waals surface area contributed by atoms with Crippen LogP contribution in [-0.2, 0) is 9.59 Å². The van der Waals surface area contributed by atoms with Gasteiger partial charge in [0.2, 0.25) is 0 Å². The number of anilines is 1. The monoisotopic (exact) mass is 332 g/mol. The molecular weight excluding hydrogens is 313 g/mol. The molecule has 1 aromatic carbocycles. The third-order valence-corrected chi connectivity index (χ3v) is 3.46. The number of nitrogens with one attached hydrogen (secondary N) is 3. The molecule has 2 amide bonds. The van der Waals surface area contributed by atoms with Gasteiger partial charge in [0, 0.05) is 11.6 Å². The normalized spacial score (nSPS) is 11.8. The summed E-state index contributed by atoms with van der Waals surface area (Å²) in [5, 5.41) is 6.36. The quantitative estimate of drug-likeness (QED) is 0.696. The van der Waals surface area contributed by atoms with Gasteiger partial charge in [0.05, 0.1) is 17.3 Å². The molecule has 7 heteroatoms. The van der Waals surface area contributed by atoms with Crippen molar-refractivity contribution in [1.29, 1.82) is 0 Å². The highest BCUT2D eigenvalue weighted by Crippen LogP contribution is 2.25. The number of hydrogen-bond donors (Lipinski definition) is 3. The lowest BCUT2D eigenvalue weighted by molar-refractivity contribution is -0.881. The van der Waals surface area contributed by atoms with Crippen LogP contribution in [0.2, 0.25) is 10.0 Å². The Morgan fingerprint density at radius 2 is 1.81 bits per heavy atom. The van der Waals surface area contributed by atoms with Gasteiger partial charge < -0.3 is 15.5 Å². The Kier molecular flexibility index (Phi) is 7.50. The van der Waals surface area contributed by atoms with Crippen LogP contribution in [0.1, 0.15) is 13.8 Å². The molecule has 5 nitrogen and oxygen atoms in total. The minimum absolute atomic E-state index is 0.0667. The largest absolute Gasteiger partial charge is 0.351 e. The zero-order valence-corrected chi connectivity index (χ0v) is 13.6. The van der Waals surface area contributed by atoms with Gasteiger partial charge >= 0.3 is 0 Å². The van der Waals surface area contributed by atoms with E-state index in [0.717, 1.165) is 4.90 Å². The Morgan fingerprint density at radius 3 is 2.43 bits per heavy atom. The summed E-state index contributed by atoms with van der Waals surface area (Å²) in [6.07, 6.45) is 0. The van der Waals surface area contributed by atoms with E-state index in [0.29, 0.717) is 28.8 Å². The predicted octanol–water partition coefficient (Wildman–Crippen LogP) is 0.973. The van der Waals surface area contributed by atoms with Gasteiger partial charge in [0.25, 0.3) is 11.8 Å². The van der Waals surface area contributed by atoms with Gasteiger partial charge in [-0.15, -0.1) is 0 Å². The number of benzene rings is 1. The molecule has 21 heavy (non-hydrogen) atoms. The lowest BCUT2D eigenvalue weighted by Crippen LogP contribution is -3.14. The third kappa shape index (κ3) is 6.33. The number of halogens is 2. The molecule has 0 saturated carbocycles. The standard InChI is InChI=1S/C14H19Cl2N3O2/c1-3-17-13(20)8-19(4-2)9-14(21)18-12-7-10(15)5-6-11(12)16/h5-7H,3-4,8-9H2,1-2H3,(H,17,20)(H,18,21)/p+1. The first-order chi connectivity index (χ1) is 9.96. The summed E-state index contributed by atoms with van der Waals surface area (Å²) >= 11 is 11.9. The van der Waals surface area contributed by atoms with Crippen LogP contribution in [0.4, 0.5) is 5.69 Å². The van der Waals surface area contributed by atoms with E-state index < -0.39 is 0 Å². The second-order valence-corrected chi connectivity index (χ2v) is 5.43. The first kappa shape index (κ1) is 17.8. The van der Waals surface area contributed by atoms with Crippen molar-refractivity contribution in [2.24, 2.45) is 0 Å². The fourth-order valence-corrected chi connectivity index (χ4v) is 2.15. The van der Waals surface area contributed by atoms with E-state index in [1.165, 1.54) is 0 Å². The van der Waals surface area contributed by atoms with Crippen molar-refractivity contribution in [2.75, 3.05) is 31.5 Å². The molecule has 3 N–H and O–H groups in total. The van der Waals surface area contributed by atoms with Gasteiger partial charge in [-0.25, -0.2) is 0 Å². The maximum Gasteiger partial charge on any atom is 0.279 e. The highest BCUT2D eigenvalue weighted by molar-refractivity contribution is 6.35. The first-order valence-electron chi connectivity index (χ1n) is 6.81. The molecule has 0 radical (unpaired) electrons. The lowest BCUT2D eigenvalue weighted by Gasteiger charge is -2.17. The molecule has 1 aromatic rings. The highest BCUT2D eigenvalue weighted by atomic mass is 35.5. The Balaban J connectivity index is 2.58. The molecule has 0 aromatic heterocycles. The SMILES string of the molecule is CCNC(=O)C[NH+](CC)CC(=O)Nc1cc(Cl)ccc1Cl. The zero-order chi connectivity index (χ0) is 15.8. The molecule has 0 spiro atoms. The summed E-state index contributed by atoms with van der Waals surface area (Å²) in [6.45, 7) is 5.50. The van der Waals surface area contributed by atoms with Crippen LogP contribution >= 0.6 is 23.2 Å². The summed E-state index contributed by atoms with van der Waals surface area (Å²) in [4.78, 5) is 24.4. The van der Waals surface area contributed by atoms with Crippen LogP contribution in [0.15, 0.2) is 18.2 Å². The highest BCUT2D eigenvalue weighted by Gasteiger charge is 2.17. The van der Waals surface area contributed by atoms with Gasteiger partial charge in [-0.1, -0.05) is 23.2 Å². The van der Waals surface area contributed by atoms with E-state index in [-0.39, 0.29) is 24.9 Å². The molecular formula is C14H20Cl2N3O2+. The van der Waals surface area contributed by atoms with E-state index in [4.69, 9.17) is 23.2 Å². The number of rotatable bonds is 7. The summed E-state index contributed by atoms with van der Waals surface area (Å²) < 4.78 is 0. The maximum absolute atomic E-state index is 12.0. The molecule has 1 unspecified atom stereocenters. The molecule has 0 saturated heterocycles. The van der Waals surface area contributed by atoms with Gasteiger partial charge in [0.15, 0.2) is 13.1 Å². The first-order valence-corrected chi connectivity index (χ1v) is 7.57. The van der Waals surface area contributed by atoms with E-state index in [9.17, 15) is 9.59 Å². The Labute approximate surface area is 134 Å².